The Balaban J connectivity index is 2.83. The Hall–Kier alpha value is -2.04. The predicted molar refractivity (Wildman–Crippen MR) is 69.8 cm³/mol. The van der Waals surface area contributed by atoms with Gasteiger partial charge < -0.3 is 15.3 Å². The van der Waals surface area contributed by atoms with E-state index in [1.165, 1.54) is 4.90 Å². The Kier molecular flexibility index (Phi) is 4.71. The van der Waals surface area contributed by atoms with E-state index >= 15 is 0 Å². The highest BCUT2D eigenvalue weighted by atomic mass is 16.4. The van der Waals surface area contributed by atoms with Crippen LogP contribution in [0.2, 0.25) is 0 Å². The average Bonchev–Trinajstić information content (AvgIpc) is 2.30. The van der Waals surface area contributed by atoms with Gasteiger partial charge in [0.2, 0.25) is 0 Å². The molecule has 0 aliphatic carbocycles. The van der Waals surface area contributed by atoms with Gasteiger partial charge in [0.1, 0.15) is 6.54 Å². The zero-order chi connectivity index (χ0) is 13.7. The maximum Gasteiger partial charge on any atom is 0.323 e. The lowest BCUT2D eigenvalue weighted by atomic mass is 10.1. The summed E-state index contributed by atoms with van der Waals surface area (Å²) in [6.45, 7) is 5.59. The van der Waals surface area contributed by atoms with Crippen molar-refractivity contribution in [2.24, 2.45) is 0 Å². The molecule has 5 heteroatoms. The topological polar surface area (TPSA) is 69.6 Å². The Morgan fingerprint density at radius 3 is 2.28 bits per heavy atom. The third-order valence-corrected chi connectivity index (χ3v) is 2.71. The zero-order valence-corrected chi connectivity index (χ0v) is 10.9. The van der Waals surface area contributed by atoms with Crippen molar-refractivity contribution in [3.63, 3.8) is 0 Å². The Morgan fingerprint density at radius 2 is 1.83 bits per heavy atom. The maximum atomic E-state index is 11.9. The zero-order valence-electron chi connectivity index (χ0n) is 10.9. The van der Waals surface area contributed by atoms with E-state index in [0.29, 0.717) is 6.54 Å². The molecule has 2 amide bonds. The molecule has 0 aliphatic rings. The highest BCUT2D eigenvalue weighted by molar-refractivity contribution is 5.92. The number of carboxylic acid groups (broad SMARTS) is 1. The average molecular weight is 250 g/mol. The second-order valence-electron chi connectivity index (χ2n) is 4.10. The van der Waals surface area contributed by atoms with Gasteiger partial charge in [-0.25, -0.2) is 4.79 Å². The van der Waals surface area contributed by atoms with Crippen LogP contribution < -0.4 is 5.32 Å². The minimum absolute atomic E-state index is 0.298. The van der Waals surface area contributed by atoms with Crippen molar-refractivity contribution in [1.29, 1.82) is 0 Å². The van der Waals surface area contributed by atoms with Gasteiger partial charge >= 0.3 is 12.0 Å². The molecule has 1 aromatic rings. The largest absolute Gasteiger partial charge is 0.480 e. The van der Waals surface area contributed by atoms with Crippen LogP contribution in [0.4, 0.5) is 10.5 Å². The third kappa shape index (κ3) is 3.48. The van der Waals surface area contributed by atoms with Crippen LogP contribution in [0.1, 0.15) is 18.1 Å². The van der Waals surface area contributed by atoms with Crippen molar-refractivity contribution < 1.29 is 14.7 Å². The lowest BCUT2D eigenvalue weighted by Crippen LogP contribution is -2.38. The highest BCUT2D eigenvalue weighted by Gasteiger charge is 2.16. The van der Waals surface area contributed by atoms with Gasteiger partial charge in [-0.15, -0.1) is 0 Å². The number of hydrogen-bond donors (Lipinski definition) is 2. The highest BCUT2D eigenvalue weighted by Crippen LogP contribution is 2.19. The van der Waals surface area contributed by atoms with E-state index < -0.39 is 12.0 Å². The van der Waals surface area contributed by atoms with Gasteiger partial charge in [-0.05, 0) is 31.9 Å². The molecule has 0 atom stereocenters. The number of aryl methyl sites for hydroxylation is 2. The van der Waals surface area contributed by atoms with E-state index in [0.717, 1.165) is 16.8 Å². The van der Waals surface area contributed by atoms with Crippen LogP contribution in [0.15, 0.2) is 18.2 Å². The van der Waals surface area contributed by atoms with E-state index in [1.54, 1.807) is 6.92 Å². The Bertz CT molecular complexity index is 437. The molecular weight excluding hydrogens is 232 g/mol. The number of likely N-dealkylation sites (N-methyl/N-ethyl adjacent to an activating group) is 1. The number of carbonyl (C=O) groups excluding carboxylic acids is 1. The summed E-state index contributed by atoms with van der Waals surface area (Å²) in [5.74, 6) is -1.02. The Morgan fingerprint density at radius 1 is 1.28 bits per heavy atom. The molecule has 18 heavy (non-hydrogen) atoms. The maximum absolute atomic E-state index is 11.9. The summed E-state index contributed by atoms with van der Waals surface area (Å²) >= 11 is 0. The number of amides is 2. The summed E-state index contributed by atoms with van der Waals surface area (Å²) < 4.78 is 0. The van der Waals surface area contributed by atoms with Crippen LogP contribution >= 0.6 is 0 Å². The Labute approximate surface area is 106 Å². The number of aliphatic carboxylic acids is 1. The van der Waals surface area contributed by atoms with Gasteiger partial charge in [0.15, 0.2) is 0 Å². The van der Waals surface area contributed by atoms with Crippen LogP contribution in [-0.4, -0.2) is 35.1 Å². The van der Waals surface area contributed by atoms with Gasteiger partial charge in [0, 0.05) is 12.2 Å². The summed E-state index contributed by atoms with van der Waals surface area (Å²) in [7, 11) is 0. The molecule has 0 spiro atoms. The quantitative estimate of drug-likeness (QED) is 0.861. The van der Waals surface area contributed by atoms with Crippen molar-refractivity contribution in [1.82, 2.24) is 4.90 Å². The molecule has 0 aliphatic heterocycles. The minimum atomic E-state index is -1.02. The fraction of sp³-hybridized carbons (Fsp3) is 0.385. The number of nitrogens with zero attached hydrogens (tertiary/aromatic N) is 1. The molecule has 0 bridgehead atoms. The van der Waals surface area contributed by atoms with Gasteiger partial charge in [-0.3, -0.25) is 4.79 Å². The fourth-order valence-electron chi connectivity index (χ4n) is 1.69. The summed E-state index contributed by atoms with van der Waals surface area (Å²) in [6, 6.07) is 5.32. The first-order valence-electron chi connectivity index (χ1n) is 5.79. The van der Waals surface area contributed by atoms with Crippen LogP contribution in [0.3, 0.4) is 0 Å². The van der Waals surface area contributed by atoms with Crippen molar-refractivity contribution in [2.45, 2.75) is 20.8 Å². The molecule has 0 aromatic heterocycles. The van der Waals surface area contributed by atoms with E-state index in [1.807, 2.05) is 32.0 Å². The predicted octanol–water partition coefficient (Wildman–Crippen LogP) is 2.24. The van der Waals surface area contributed by atoms with Crippen LogP contribution in [0.25, 0.3) is 0 Å². The SMILES string of the molecule is CCN(CC(=O)O)C(=O)Nc1c(C)cccc1C. The van der Waals surface area contributed by atoms with Gasteiger partial charge in [-0.2, -0.15) is 0 Å². The number of rotatable bonds is 4. The van der Waals surface area contributed by atoms with Gasteiger partial charge in [-0.1, -0.05) is 18.2 Å². The second kappa shape index (κ2) is 6.05. The molecule has 0 unspecified atom stereocenters. The second-order valence-corrected chi connectivity index (χ2v) is 4.10. The van der Waals surface area contributed by atoms with E-state index in [-0.39, 0.29) is 6.54 Å². The van der Waals surface area contributed by atoms with Gasteiger partial charge in [0.25, 0.3) is 0 Å². The molecule has 0 saturated carbocycles. The number of hydrogen-bond acceptors (Lipinski definition) is 2. The lowest BCUT2D eigenvalue weighted by molar-refractivity contribution is -0.137. The molecule has 2 N–H and O–H groups in total. The number of benzene rings is 1. The lowest BCUT2D eigenvalue weighted by Gasteiger charge is -2.20. The minimum Gasteiger partial charge on any atom is -0.480 e. The normalized spacial score (nSPS) is 9.94. The summed E-state index contributed by atoms with van der Waals surface area (Å²) in [5, 5.41) is 11.5. The molecule has 98 valence electrons. The molecule has 0 saturated heterocycles. The van der Waals surface area contributed by atoms with E-state index in [2.05, 4.69) is 5.32 Å². The molecule has 0 fully saturated rings. The molecule has 0 heterocycles. The first kappa shape index (κ1) is 14.0. The molecule has 5 nitrogen and oxygen atoms in total. The van der Waals surface area contributed by atoms with Crippen LogP contribution in [0, 0.1) is 13.8 Å². The molecule has 1 aromatic carbocycles. The van der Waals surface area contributed by atoms with Crippen molar-refractivity contribution >= 4 is 17.7 Å². The van der Waals surface area contributed by atoms with Crippen molar-refractivity contribution in [3.05, 3.63) is 29.3 Å². The van der Waals surface area contributed by atoms with E-state index in [4.69, 9.17) is 5.11 Å². The standard InChI is InChI=1S/C13H18N2O3/c1-4-15(8-11(16)17)13(18)14-12-9(2)6-5-7-10(12)3/h5-7H,4,8H2,1-3H3,(H,14,18)(H,16,17). The number of anilines is 1. The first-order chi connectivity index (χ1) is 8.45. The van der Waals surface area contributed by atoms with Gasteiger partial charge in [0.05, 0.1) is 0 Å². The number of urea groups is 1. The van der Waals surface area contributed by atoms with Crippen molar-refractivity contribution in [2.75, 3.05) is 18.4 Å². The number of nitrogens with one attached hydrogen (secondary N) is 1. The summed E-state index contributed by atoms with van der Waals surface area (Å²) in [4.78, 5) is 23.8. The first-order valence-corrected chi connectivity index (χ1v) is 5.79. The van der Waals surface area contributed by atoms with Crippen LogP contribution in [0.5, 0.6) is 0 Å². The fourth-order valence-corrected chi connectivity index (χ4v) is 1.69. The third-order valence-electron chi connectivity index (χ3n) is 2.71. The smallest absolute Gasteiger partial charge is 0.323 e. The molecular formula is C13H18N2O3. The van der Waals surface area contributed by atoms with Crippen molar-refractivity contribution in [3.8, 4) is 0 Å². The van der Waals surface area contributed by atoms with Crippen LogP contribution in [-0.2, 0) is 4.79 Å². The monoisotopic (exact) mass is 250 g/mol. The molecule has 1 rings (SSSR count). The molecule has 0 radical (unpaired) electrons. The summed E-state index contributed by atoms with van der Waals surface area (Å²) in [6.07, 6.45) is 0. The number of carbonyl (C=O) groups is 2. The number of carboxylic acids is 1. The van der Waals surface area contributed by atoms with E-state index in [9.17, 15) is 9.59 Å². The summed E-state index contributed by atoms with van der Waals surface area (Å²) in [5.41, 5.74) is 2.65. The number of para-hydroxylation sites is 1.